The molecule has 3 aromatic rings. The fraction of sp³-hybridized carbons (Fsp3) is 0.190. The van der Waals surface area contributed by atoms with Crippen LogP contribution in [0.2, 0.25) is 0 Å². The number of amides is 1. The van der Waals surface area contributed by atoms with Crippen molar-refractivity contribution in [3.8, 4) is 0 Å². The number of nitrogens with one attached hydrogen (secondary N) is 2. The van der Waals surface area contributed by atoms with Crippen molar-refractivity contribution in [2.75, 3.05) is 10.6 Å². The van der Waals surface area contributed by atoms with Gasteiger partial charge < -0.3 is 10.6 Å². The summed E-state index contributed by atoms with van der Waals surface area (Å²) in [5.74, 6) is -0.638. The lowest BCUT2D eigenvalue weighted by Gasteiger charge is -2.15. The van der Waals surface area contributed by atoms with Gasteiger partial charge >= 0.3 is 0 Å². The second-order valence-corrected chi connectivity index (χ2v) is 6.38. The van der Waals surface area contributed by atoms with E-state index in [1.165, 1.54) is 28.8 Å². The molecule has 28 heavy (non-hydrogen) atoms. The lowest BCUT2D eigenvalue weighted by atomic mass is 10.1. The summed E-state index contributed by atoms with van der Waals surface area (Å²) in [5, 5.41) is 5.71. The highest BCUT2D eigenvalue weighted by Gasteiger charge is 2.12. The molecule has 0 aliphatic rings. The first kappa shape index (κ1) is 19.3. The van der Waals surface area contributed by atoms with Crippen molar-refractivity contribution in [2.24, 2.45) is 0 Å². The van der Waals surface area contributed by atoms with Crippen LogP contribution in [0.3, 0.4) is 0 Å². The van der Waals surface area contributed by atoms with Gasteiger partial charge in [-0.15, -0.1) is 0 Å². The lowest BCUT2D eigenvalue weighted by Crippen LogP contribution is -2.30. The van der Waals surface area contributed by atoms with Gasteiger partial charge in [0.25, 0.3) is 5.56 Å². The number of hydrogen-bond acceptors (Lipinski definition) is 4. The van der Waals surface area contributed by atoms with Crippen LogP contribution in [0.15, 0.2) is 59.4 Å². The second kappa shape index (κ2) is 8.47. The number of carbonyl (C=O) groups is 1. The molecule has 2 N–H and O–H groups in total. The fourth-order valence-corrected chi connectivity index (χ4v) is 2.78. The van der Waals surface area contributed by atoms with E-state index >= 15 is 0 Å². The number of hydrogen-bond donors (Lipinski definition) is 2. The number of aromatic nitrogens is 2. The summed E-state index contributed by atoms with van der Waals surface area (Å²) >= 11 is 0. The Balaban J connectivity index is 1.85. The Bertz CT molecular complexity index is 1060. The standard InChI is InChI=1S/C21H21FN4O2/c1-3-15-6-4-8-17(11-15)25-21-23-14(2)10-20(28)26(21)13-19(27)24-18-9-5-7-16(22)12-18/h4-12H,3,13H2,1-2H3,(H,23,25)(H,24,27). The molecule has 1 heterocycles. The number of halogens is 1. The van der Waals surface area contributed by atoms with Gasteiger partial charge in [-0.1, -0.05) is 25.1 Å². The summed E-state index contributed by atoms with van der Waals surface area (Å²) < 4.78 is 14.5. The van der Waals surface area contributed by atoms with Crippen LogP contribution in [-0.2, 0) is 17.8 Å². The van der Waals surface area contributed by atoms with Gasteiger partial charge in [-0.2, -0.15) is 0 Å². The smallest absolute Gasteiger partial charge is 0.255 e. The summed E-state index contributed by atoms with van der Waals surface area (Å²) in [7, 11) is 0. The van der Waals surface area contributed by atoms with Gasteiger partial charge in [-0.25, -0.2) is 9.37 Å². The van der Waals surface area contributed by atoms with Crippen LogP contribution in [0, 0.1) is 12.7 Å². The summed E-state index contributed by atoms with van der Waals surface area (Å²) in [6.07, 6.45) is 0.875. The van der Waals surface area contributed by atoms with Crippen molar-refractivity contribution < 1.29 is 9.18 Å². The molecule has 7 heteroatoms. The van der Waals surface area contributed by atoms with Gasteiger partial charge in [0.15, 0.2) is 0 Å². The van der Waals surface area contributed by atoms with Gasteiger partial charge in [-0.3, -0.25) is 14.2 Å². The molecule has 1 amide bonds. The predicted molar refractivity (Wildman–Crippen MR) is 107 cm³/mol. The quantitative estimate of drug-likeness (QED) is 0.685. The van der Waals surface area contributed by atoms with E-state index in [1.54, 1.807) is 13.0 Å². The van der Waals surface area contributed by atoms with Gasteiger partial charge in [0.05, 0.1) is 0 Å². The van der Waals surface area contributed by atoms with Crippen LogP contribution in [0.5, 0.6) is 0 Å². The van der Waals surface area contributed by atoms with E-state index in [9.17, 15) is 14.0 Å². The minimum Gasteiger partial charge on any atom is -0.326 e. The molecule has 2 aromatic carbocycles. The number of rotatable bonds is 6. The second-order valence-electron chi connectivity index (χ2n) is 6.38. The van der Waals surface area contributed by atoms with Crippen molar-refractivity contribution in [1.82, 2.24) is 9.55 Å². The first-order valence-corrected chi connectivity index (χ1v) is 8.94. The van der Waals surface area contributed by atoms with Crippen molar-refractivity contribution in [3.05, 3.63) is 82.0 Å². The maximum Gasteiger partial charge on any atom is 0.255 e. The molecule has 3 rings (SSSR count). The summed E-state index contributed by atoms with van der Waals surface area (Å²) in [5.41, 5.74) is 2.42. The summed E-state index contributed by atoms with van der Waals surface area (Å²) in [6, 6.07) is 14.7. The van der Waals surface area contributed by atoms with E-state index in [-0.39, 0.29) is 18.1 Å². The van der Waals surface area contributed by atoms with E-state index in [0.29, 0.717) is 11.4 Å². The summed E-state index contributed by atoms with van der Waals surface area (Å²) in [6.45, 7) is 3.52. The first-order chi connectivity index (χ1) is 13.4. The monoisotopic (exact) mass is 380 g/mol. The third kappa shape index (κ3) is 4.82. The minimum atomic E-state index is -0.455. The molecule has 6 nitrogen and oxygen atoms in total. The Labute approximate surface area is 162 Å². The zero-order chi connectivity index (χ0) is 20.1. The highest BCUT2D eigenvalue weighted by molar-refractivity contribution is 5.90. The SMILES string of the molecule is CCc1cccc(Nc2nc(C)cc(=O)n2CC(=O)Nc2cccc(F)c2)c1. The Hall–Kier alpha value is -3.48. The van der Waals surface area contributed by atoms with E-state index in [4.69, 9.17) is 0 Å². The molecule has 0 fully saturated rings. The molecule has 1 aromatic heterocycles. The molecule has 0 spiro atoms. The number of benzene rings is 2. The molecule has 0 bridgehead atoms. The maximum absolute atomic E-state index is 13.3. The first-order valence-electron chi connectivity index (χ1n) is 8.94. The van der Waals surface area contributed by atoms with E-state index in [2.05, 4.69) is 22.5 Å². The van der Waals surface area contributed by atoms with Gasteiger partial charge in [-0.05, 0) is 49.2 Å². The Morgan fingerprint density at radius 1 is 1.11 bits per heavy atom. The van der Waals surface area contributed by atoms with Gasteiger partial charge in [0, 0.05) is 23.1 Å². The zero-order valence-electron chi connectivity index (χ0n) is 15.7. The minimum absolute atomic E-state index is 0.252. The summed E-state index contributed by atoms with van der Waals surface area (Å²) in [4.78, 5) is 29.2. The van der Waals surface area contributed by atoms with E-state index in [1.807, 2.05) is 24.3 Å². The van der Waals surface area contributed by atoms with Crippen molar-refractivity contribution in [2.45, 2.75) is 26.8 Å². The Kier molecular flexibility index (Phi) is 5.84. The molecule has 0 atom stereocenters. The normalized spacial score (nSPS) is 10.5. The number of anilines is 3. The molecule has 0 saturated heterocycles. The Morgan fingerprint density at radius 2 is 1.86 bits per heavy atom. The number of carbonyl (C=O) groups excluding carboxylic acids is 1. The topological polar surface area (TPSA) is 76.0 Å². The maximum atomic E-state index is 13.3. The number of nitrogens with zero attached hydrogens (tertiary/aromatic N) is 2. The van der Waals surface area contributed by atoms with Gasteiger partial charge in [0.2, 0.25) is 11.9 Å². The highest BCUT2D eigenvalue weighted by atomic mass is 19.1. The average Bonchev–Trinajstić information content (AvgIpc) is 2.64. The fourth-order valence-electron chi connectivity index (χ4n) is 2.78. The van der Waals surface area contributed by atoms with Crippen LogP contribution in [0.25, 0.3) is 0 Å². The van der Waals surface area contributed by atoms with E-state index < -0.39 is 11.7 Å². The molecular weight excluding hydrogens is 359 g/mol. The van der Waals surface area contributed by atoms with Crippen molar-refractivity contribution >= 4 is 23.2 Å². The van der Waals surface area contributed by atoms with Crippen LogP contribution in [0.1, 0.15) is 18.2 Å². The molecule has 0 aliphatic heterocycles. The molecule has 0 saturated carbocycles. The average molecular weight is 380 g/mol. The third-order valence-electron chi connectivity index (χ3n) is 4.14. The van der Waals surface area contributed by atoms with Crippen molar-refractivity contribution in [1.29, 1.82) is 0 Å². The van der Waals surface area contributed by atoms with Crippen LogP contribution in [0.4, 0.5) is 21.7 Å². The molecule has 144 valence electrons. The lowest BCUT2D eigenvalue weighted by molar-refractivity contribution is -0.116. The third-order valence-corrected chi connectivity index (χ3v) is 4.14. The highest BCUT2D eigenvalue weighted by Crippen LogP contribution is 2.16. The van der Waals surface area contributed by atoms with Crippen LogP contribution in [-0.4, -0.2) is 15.5 Å². The van der Waals surface area contributed by atoms with Crippen LogP contribution < -0.4 is 16.2 Å². The molecule has 0 radical (unpaired) electrons. The number of aryl methyl sites for hydroxylation is 2. The van der Waals surface area contributed by atoms with Gasteiger partial charge in [0.1, 0.15) is 12.4 Å². The molecular formula is C21H21FN4O2. The zero-order valence-corrected chi connectivity index (χ0v) is 15.7. The van der Waals surface area contributed by atoms with Crippen LogP contribution >= 0.6 is 0 Å². The molecule has 0 unspecified atom stereocenters. The Morgan fingerprint density at radius 3 is 2.61 bits per heavy atom. The van der Waals surface area contributed by atoms with E-state index in [0.717, 1.165) is 17.7 Å². The predicted octanol–water partition coefficient (Wildman–Crippen LogP) is 3.64. The van der Waals surface area contributed by atoms with Crippen molar-refractivity contribution in [3.63, 3.8) is 0 Å². The molecule has 0 aliphatic carbocycles. The largest absolute Gasteiger partial charge is 0.326 e.